The van der Waals surface area contributed by atoms with Crippen molar-refractivity contribution in [2.24, 2.45) is 5.92 Å². The van der Waals surface area contributed by atoms with Crippen LogP contribution in [-0.4, -0.2) is 4.57 Å². The lowest BCUT2D eigenvalue weighted by Gasteiger charge is -2.11. The van der Waals surface area contributed by atoms with Crippen LogP contribution >= 0.6 is 0 Å². The van der Waals surface area contributed by atoms with Gasteiger partial charge >= 0.3 is 0 Å². The lowest BCUT2D eigenvalue weighted by Crippen LogP contribution is -2.05. The average Bonchev–Trinajstić information content (AvgIpc) is 2.90. The second-order valence-corrected chi connectivity index (χ2v) is 5.13. The summed E-state index contributed by atoms with van der Waals surface area (Å²) in [6.07, 6.45) is 7.97. The summed E-state index contributed by atoms with van der Waals surface area (Å²) in [5.74, 6) is 0.913. The van der Waals surface area contributed by atoms with Crippen molar-refractivity contribution in [2.45, 2.75) is 39.2 Å². The molecule has 0 unspecified atom stereocenters. The van der Waals surface area contributed by atoms with Crippen molar-refractivity contribution in [3.63, 3.8) is 0 Å². The maximum absolute atomic E-state index is 2.44. The zero-order chi connectivity index (χ0) is 11.0. The molecule has 1 aliphatic rings. The van der Waals surface area contributed by atoms with E-state index >= 15 is 0 Å². The van der Waals surface area contributed by atoms with Gasteiger partial charge in [-0.1, -0.05) is 25.0 Å². The van der Waals surface area contributed by atoms with Crippen LogP contribution in [0.25, 0.3) is 10.9 Å². The van der Waals surface area contributed by atoms with E-state index in [1.165, 1.54) is 48.7 Å². The molecule has 1 saturated carbocycles. The molecule has 0 atom stereocenters. The Bertz CT molecular complexity index is 489. The van der Waals surface area contributed by atoms with Gasteiger partial charge in [0, 0.05) is 23.6 Å². The van der Waals surface area contributed by atoms with Gasteiger partial charge in [-0.2, -0.15) is 0 Å². The van der Waals surface area contributed by atoms with Crippen LogP contribution < -0.4 is 0 Å². The molecule has 16 heavy (non-hydrogen) atoms. The summed E-state index contributed by atoms with van der Waals surface area (Å²) in [5.41, 5.74) is 2.80. The van der Waals surface area contributed by atoms with E-state index in [9.17, 15) is 0 Å². The SMILES string of the molecule is Cc1cccc2c1ccn2CC1CCCC1. The van der Waals surface area contributed by atoms with Gasteiger partial charge in [0.05, 0.1) is 0 Å². The number of rotatable bonds is 2. The fraction of sp³-hybridized carbons (Fsp3) is 0.467. The normalized spacial score (nSPS) is 17.3. The number of aromatic nitrogens is 1. The number of aryl methyl sites for hydroxylation is 1. The molecule has 1 aliphatic carbocycles. The summed E-state index contributed by atoms with van der Waals surface area (Å²) < 4.78 is 2.44. The molecule has 0 spiro atoms. The Balaban J connectivity index is 1.94. The van der Waals surface area contributed by atoms with Crippen molar-refractivity contribution in [1.29, 1.82) is 0 Å². The monoisotopic (exact) mass is 213 g/mol. The van der Waals surface area contributed by atoms with Crippen LogP contribution in [0.2, 0.25) is 0 Å². The standard InChI is InChI=1S/C15H19N/c1-12-5-4-8-15-14(12)9-10-16(15)11-13-6-2-3-7-13/h4-5,8-10,13H,2-3,6-7,11H2,1H3. The average molecular weight is 213 g/mol. The third-order valence-electron chi connectivity index (χ3n) is 3.96. The molecule has 1 heteroatoms. The molecule has 0 radical (unpaired) electrons. The van der Waals surface area contributed by atoms with Crippen molar-refractivity contribution in [3.05, 3.63) is 36.0 Å². The van der Waals surface area contributed by atoms with Crippen molar-refractivity contribution in [2.75, 3.05) is 0 Å². The van der Waals surface area contributed by atoms with Crippen LogP contribution in [0.5, 0.6) is 0 Å². The van der Waals surface area contributed by atoms with E-state index in [1.54, 1.807) is 0 Å². The molecule has 0 N–H and O–H groups in total. The molecule has 84 valence electrons. The molecule has 0 saturated heterocycles. The largest absolute Gasteiger partial charge is 0.347 e. The highest BCUT2D eigenvalue weighted by Crippen LogP contribution is 2.28. The van der Waals surface area contributed by atoms with Gasteiger partial charge in [0.25, 0.3) is 0 Å². The number of hydrogen-bond donors (Lipinski definition) is 0. The fourth-order valence-corrected chi connectivity index (χ4v) is 3.01. The Morgan fingerprint density at radius 1 is 1.19 bits per heavy atom. The quantitative estimate of drug-likeness (QED) is 0.706. The zero-order valence-electron chi connectivity index (χ0n) is 9.95. The van der Waals surface area contributed by atoms with Crippen LogP contribution in [0.1, 0.15) is 31.2 Å². The van der Waals surface area contributed by atoms with E-state index in [2.05, 4.69) is 42.0 Å². The molecule has 0 amide bonds. The topological polar surface area (TPSA) is 4.93 Å². The van der Waals surface area contributed by atoms with E-state index in [0.29, 0.717) is 0 Å². The van der Waals surface area contributed by atoms with Crippen LogP contribution in [-0.2, 0) is 6.54 Å². The van der Waals surface area contributed by atoms with E-state index in [1.807, 2.05) is 0 Å². The van der Waals surface area contributed by atoms with E-state index in [-0.39, 0.29) is 0 Å². The molecule has 1 nitrogen and oxygen atoms in total. The first-order valence-corrected chi connectivity index (χ1v) is 6.39. The lowest BCUT2D eigenvalue weighted by molar-refractivity contribution is 0.466. The van der Waals surface area contributed by atoms with Gasteiger partial charge in [-0.05, 0) is 43.4 Å². The van der Waals surface area contributed by atoms with Crippen LogP contribution in [0.3, 0.4) is 0 Å². The highest BCUT2D eigenvalue weighted by molar-refractivity contribution is 5.83. The third-order valence-corrected chi connectivity index (χ3v) is 3.96. The van der Waals surface area contributed by atoms with Gasteiger partial charge in [-0.25, -0.2) is 0 Å². The molecular weight excluding hydrogens is 194 g/mol. The van der Waals surface area contributed by atoms with Crippen molar-refractivity contribution >= 4 is 10.9 Å². The van der Waals surface area contributed by atoms with E-state index < -0.39 is 0 Å². The van der Waals surface area contributed by atoms with Gasteiger partial charge < -0.3 is 4.57 Å². The minimum absolute atomic E-state index is 0.913. The van der Waals surface area contributed by atoms with Crippen LogP contribution in [0.4, 0.5) is 0 Å². The van der Waals surface area contributed by atoms with Crippen molar-refractivity contribution < 1.29 is 0 Å². The second-order valence-electron chi connectivity index (χ2n) is 5.13. The van der Waals surface area contributed by atoms with Gasteiger partial charge in [-0.3, -0.25) is 0 Å². The molecule has 0 bridgehead atoms. The Hall–Kier alpha value is -1.24. The van der Waals surface area contributed by atoms with Gasteiger partial charge in [0.15, 0.2) is 0 Å². The molecule has 1 aromatic carbocycles. The summed E-state index contributed by atoms with van der Waals surface area (Å²) in [4.78, 5) is 0. The van der Waals surface area contributed by atoms with Gasteiger partial charge in [0.1, 0.15) is 0 Å². The Morgan fingerprint density at radius 2 is 2.00 bits per heavy atom. The fourth-order valence-electron chi connectivity index (χ4n) is 3.01. The molecular formula is C15H19N. The number of benzene rings is 1. The maximum atomic E-state index is 2.44. The minimum atomic E-state index is 0.913. The maximum Gasteiger partial charge on any atom is 0.0483 e. The van der Waals surface area contributed by atoms with E-state index in [0.717, 1.165) is 5.92 Å². The summed E-state index contributed by atoms with van der Waals surface area (Å²) >= 11 is 0. The molecule has 1 fully saturated rings. The molecule has 2 aromatic rings. The van der Waals surface area contributed by atoms with Crippen molar-refractivity contribution in [3.8, 4) is 0 Å². The van der Waals surface area contributed by atoms with Crippen molar-refractivity contribution in [1.82, 2.24) is 4.57 Å². The Labute approximate surface area is 97.1 Å². The number of nitrogens with zero attached hydrogens (tertiary/aromatic N) is 1. The van der Waals surface area contributed by atoms with Crippen LogP contribution in [0, 0.1) is 12.8 Å². The summed E-state index contributed by atoms with van der Waals surface area (Å²) in [5, 5.41) is 1.42. The van der Waals surface area contributed by atoms with Gasteiger partial charge in [-0.15, -0.1) is 0 Å². The Kier molecular flexibility index (Phi) is 2.47. The zero-order valence-corrected chi connectivity index (χ0v) is 9.95. The summed E-state index contributed by atoms with van der Waals surface area (Å²) in [7, 11) is 0. The predicted octanol–water partition coefficient (Wildman–Crippen LogP) is 4.14. The summed E-state index contributed by atoms with van der Waals surface area (Å²) in [6, 6.07) is 8.88. The number of hydrogen-bond acceptors (Lipinski definition) is 0. The molecule has 1 aromatic heterocycles. The first-order valence-electron chi connectivity index (χ1n) is 6.39. The molecule has 1 heterocycles. The summed E-state index contributed by atoms with van der Waals surface area (Å²) in [6.45, 7) is 3.41. The van der Waals surface area contributed by atoms with E-state index in [4.69, 9.17) is 0 Å². The number of fused-ring (bicyclic) bond motifs is 1. The third kappa shape index (κ3) is 1.64. The predicted molar refractivity (Wildman–Crippen MR) is 68.6 cm³/mol. The molecule has 0 aliphatic heterocycles. The molecule has 3 rings (SSSR count). The van der Waals surface area contributed by atoms with Crippen LogP contribution in [0.15, 0.2) is 30.5 Å². The highest BCUT2D eigenvalue weighted by Gasteiger charge is 2.16. The smallest absolute Gasteiger partial charge is 0.0483 e. The Morgan fingerprint density at radius 3 is 2.81 bits per heavy atom. The lowest BCUT2D eigenvalue weighted by atomic mass is 10.1. The first kappa shape index (κ1) is 9.95. The first-order chi connectivity index (χ1) is 7.84. The minimum Gasteiger partial charge on any atom is -0.347 e. The van der Waals surface area contributed by atoms with Gasteiger partial charge in [0.2, 0.25) is 0 Å². The second kappa shape index (κ2) is 3.97. The highest BCUT2D eigenvalue weighted by atomic mass is 15.0.